The Hall–Kier alpha value is -0.410. The summed E-state index contributed by atoms with van der Waals surface area (Å²) in [6, 6.07) is 0. The number of aromatic nitrogens is 1. The minimum Gasteiger partial charge on any atom is -0.330 e. The van der Waals surface area contributed by atoms with Crippen LogP contribution in [0.4, 0.5) is 0 Å². The fourth-order valence-corrected chi connectivity index (χ4v) is 2.98. The Morgan fingerprint density at radius 1 is 1.67 bits per heavy atom. The molecule has 0 spiro atoms. The second-order valence-corrected chi connectivity index (χ2v) is 4.60. The molecular formula is C9H14N2S. The van der Waals surface area contributed by atoms with Crippen molar-refractivity contribution in [1.82, 2.24) is 4.98 Å². The summed E-state index contributed by atoms with van der Waals surface area (Å²) in [5.74, 6) is 0.597. The Bertz CT molecular complexity index is 280. The fourth-order valence-electron chi connectivity index (χ4n) is 1.86. The lowest BCUT2D eigenvalue weighted by Gasteiger charge is -2.18. The lowest BCUT2D eigenvalue weighted by Crippen LogP contribution is -2.16. The molecule has 0 fully saturated rings. The molecule has 0 bridgehead atoms. The van der Waals surface area contributed by atoms with Crippen LogP contribution in [-0.2, 0) is 6.42 Å². The monoisotopic (exact) mass is 182 g/mol. The van der Waals surface area contributed by atoms with E-state index < -0.39 is 0 Å². The molecule has 3 heteroatoms. The van der Waals surface area contributed by atoms with Crippen molar-refractivity contribution in [2.75, 3.05) is 6.54 Å². The van der Waals surface area contributed by atoms with Crippen LogP contribution in [0.1, 0.15) is 34.3 Å². The molecule has 0 saturated heterocycles. The van der Waals surface area contributed by atoms with Gasteiger partial charge >= 0.3 is 0 Å². The summed E-state index contributed by atoms with van der Waals surface area (Å²) in [6.07, 6.45) is 3.68. The molecule has 0 saturated carbocycles. The third-order valence-corrected chi connectivity index (χ3v) is 3.63. The smallest absolute Gasteiger partial charge is 0.0900 e. The van der Waals surface area contributed by atoms with E-state index in [1.165, 1.54) is 28.4 Å². The Labute approximate surface area is 76.8 Å². The maximum absolute atomic E-state index is 5.71. The first-order valence-electron chi connectivity index (χ1n) is 4.47. The number of aryl methyl sites for hydroxylation is 2. The summed E-state index contributed by atoms with van der Waals surface area (Å²) in [4.78, 5) is 5.97. The predicted molar refractivity (Wildman–Crippen MR) is 51.6 cm³/mol. The van der Waals surface area contributed by atoms with Gasteiger partial charge in [0.1, 0.15) is 0 Å². The lowest BCUT2D eigenvalue weighted by atomic mass is 9.92. The molecule has 1 aliphatic rings. The standard InChI is InChI=1S/C9H14N2S/c1-6-11-8-4-2-3-7(5-10)9(8)12-6/h7H,2-5,10H2,1H3. The first kappa shape index (κ1) is 8.20. The molecular weight excluding hydrogens is 168 g/mol. The summed E-state index contributed by atoms with van der Waals surface area (Å²) < 4.78 is 0. The molecule has 1 aromatic rings. The van der Waals surface area contributed by atoms with Crippen LogP contribution in [0, 0.1) is 6.92 Å². The van der Waals surface area contributed by atoms with Gasteiger partial charge in [-0.25, -0.2) is 4.98 Å². The summed E-state index contributed by atoms with van der Waals surface area (Å²) in [7, 11) is 0. The number of nitrogens with zero attached hydrogens (tertiary/aromatic N) is 1. The van der Waals surface area contributed by atoms with E-state index in [2.05, 4.69) is 11.9 Å². The molecule has 1 aromatic heterocycles. The van der Waals surface area contributed by atoms with Gasteiger partial charge in [0, 0.05) is 17.3 Å². The van der Waals surface area contributed by atoms with Gasteiger partial charge in [-0.05, 0) is 26.2 Å². The maximum Gasteiger partial charge on any atom is 0.0900 e. The Balaban J connectivity index is 2.36. The van der Waals surface area contributed by atoms with E-state index in [9.17, 15) is 0 Å². The van der Waals surface area contributed by atoms with Crippen molar-refractivity contribution in [2.24, 2.45) is 5.73 Å². The predicted octanol–water partition coefficient (Wildman–Crippen LogP) is 1.83. The highest BCUT2D eigenvalue weighted by atomic mass is 32.1. The van der Waals surface area contributed by atoms with Gasteiger partial charge in [0.05, 0.1) is 10.7 Å². The van der Waals surface area contributed by atoms with Crippen LogP contribution < -0.4 is 5.73 Å². The molecule has 1 aliphatic carbocycles. The van der Waals surface area contributed by atoms with Crippen molar-refractivity contribution in [3.8, 4) is 0 Å². The van der Waals surface area contributed by atoms with Crippen molar-refractivity contribution in [2.45, 2.75) is 32.1 Å². The first-order chi connectivity index (χ1) is 5.81. The molecule has 12 heavy (non-hydrogen) atoms. The number of hydrogen-bond acceptors (Lipinski definition) is 3. The minimum atomic E-state index is 0.597. The van der Waals surface area contributed by atoms with E-state index in [1.54, 1.807) is 0 Å². The summed E-state index contributed by atoms with van der Waals surface area (Å²) in [5.41, 5.74) is 7.02. The largest absolute Gasteiger partial charge is 0.330 e. The summed E-state index contributed by atoms with van der Waals surface area (Å²) in [6.45, 7) is 2.87. The molecule has 0 aromatic carbocycles. The van der Waals surface area contributed by atoms with E-state index in [0.29, 0.717) is 5.92 Å². The minimum absolute atomic E-state index is 0.597. The number of nitrogens with two attached hydrogens (primary N) is 1. The van der Waals surface area contributed by atoms with Crippen molar-refractivity contribution < 1.29 is 0 Å². The normalized spacial score (nSPS) is 22.3. The van der Waals surface area contributed by atoms with Crippen LogP contribution >= 0.6 is 11.3 Å². The van der Waals surface area contributed by atoms with Crippen LogP contribution in [0.15, 0.2) is 0 Å². The zero-order valence-corrected chi connectivity index (χ0v) is 8.16. The van der Waals surface area contributed by atoms with Crippen molar-refractivity contribution in [1.29, 1.82) is 0 Å². The second-order valence-electron chi connectivity index (χ2n) is 3.37. The first-order valence-corrected chi connectivity index (χ1v) is 5.29. The highest BCUT2D eigenvalue weighted by Gasteiger charge is 2.22. The molecule has 0 aliphatic heterocycles. The molecule has 66 valence electrons. The van der Waals surface area contributed by atoms with E-state index >= 15 is 0 Å². The van der Waals surface area contributed by atoms with E-state index in [0.717, 1.165) is 13.0 Å². The molecule has 0 radical (unpaired) electrons. The number of fused-ring (bicyclic) bond motifs is 1. The topological polar surface area (TPSA) is 38.9 Å². The Morgan fingerprint density at radius 2 is 2.50 bits per heavy atom. The molecule has 0 amide bonds. The Kier molecular flexibility index (Phi) is 2.15. The quantitative estimate of drug-likeness (QED) is 0.719. The highest BCUT2D eigenvalue weighted by Crippen LogP contribution is 2.34. The van der Waals surface area contributed by atoms with Crippen LogP contribution in [0.3, 0.4) is 0 Å². The van der Waals surface area contributed by atoms with Gasteiger partial charge in [-0.2, -0.15) is 0 Å². The van der Waals surface area contributed by atoms with Crippen LogP contribution in [0.5, 0.6) is 0 Å². The third-order valence-electron chi connectivity index (χ3n) is 2.46. The van der Waals surface area contributed by atoms with Gasteiger partial charge in [0.15, 0.2) is 0 Å². The average Bonchev–Trinajstić information content (AvgIpc) is 2.44. The van der Waals surface area contributed by atoms with Gasteiger partial charge < -0.3 is 5.73 Å². The van der Waals surface area contributed by atoms with Gasteiger partial charge in [0.25, 0.3) is 0 Å². The number of hydrogen-bond donors (Lipinski definition) is 1. The van der Waals surface area contributed by atoms with Crippen LogP contribution in [0.25, 0.3) is 0 Å². The van der Waals surface area contributed by atoms with Crippen molar-refractivity contribution in [3.05, 3.63) is 15.6 Å². The second kappa shape index (κ2) is 3.15. The molecule has 1 atom stereocenters. The molecule has 2 nitrogen and oxygen atoms in total. The molecule has 2 rings (SSSR count). The third kappa shape index (κ3) is 1.27. The SMILES string of the molecule is Cc1nc2c(s1)C(CN)CCC2. The van der Waals surface area contributed by atoms with Crippen LogP contribution in [0.2, 0.25) is 0 Å². The van der Waals surface area contributed by atoms with Crippen molar-refractivity contribution in [3.63, 3.8) is 0 Å². The van der Waals surface area contributed by atoms with E-state index in [-0.39, 0.29) is 0 Å². The molecule has 1 heterocycles. The zero-order valence-electron chi connectivity index (χ0n) is 7.34. The van der Waals surface area contributed by atoms with Crippen molar-refractivity contribution >= 4 is 11.3 Å². The van der Waals surface area contributed by atoms with Gasteiger partial charge in [-0.1, -0.05) is 0 Å². The fraction of sp³-hybridized carbons (Fsp3) is 0.667. The van der Waals surface area contributed by atoms with E-state index in [1.807, 2.05) is 11.3 Å². The van der Waals surface area contributed by atoms with Gasteiger partial charge in [0.2, 0.25) is 0 Å². The summed E-state index contributed by atoms with van der Waals surface area (Å²) >= 11 is 1.83. The zero-order chi connectivity index (χ0) is 8.55. The number of rotatable bonds is 1. The maximum atomic E-state index is 5.71. The molecule has 2 N–H and O–H groups in total. The van der Waals surface area contributed by atoms with E-state index in [4.69, 9.17) is 5.73 Å². The van der Waals surface area contributed by atoms with Gasteiger partial charge in [-0.3, -0.25) is 0 Å². The molecule has 1 unspecified atom stereocenters. The number of thiazole rings is 1. The lowest BCUT2D eigenvalue weighted by molar-refractivity contribution is 0.563. The summed E-state index contributed by atoms with van der Waals surface area (Å²) in [5, 5.41) is 1.19. The van der Waals surface area contributed by atoms with Crippen LogP contribution in [-0.4, -0.2) is 11.5 Å². The van der Waals surface area contributed by atoms with Gasteiger partial charge in [-0.15, -0.1) is 11.3 Å². The Morgan fingerprint density at radius 3 is 3.25 bits per heavy atom. The highest BCUT2D eigenvalue weighted by molar-refractivity contribution is 7.11. The average molecular weight is 182 g/mol.